The van der Waals surface area contributed by atoms with Gasteiger partial charge in [-0.2, -0.15) is 0 Å². The van der Waals surface area contributed by atoms with Crippen molar-refractivity contribution in [2.75, 3.05) is 6.54 Å². The van der Waals surface area contributed by atoms with E-state index in [1.165, 1.54) is 11.1 Å². The van der Waals surface area contributed by atoms with E-state index >= 15 is 0 Å². The topological polar surface area (TPSA) is 21.3 Å². The molecule has 1 N–H and O–H groups in total. The molecule has 0 radical (unpaired) electrons. The predicted octanol–water partition coefficient (Wildman–Crippen LogP) is 4.71. The molecule has 0 aliphatic rings. The van der Waals surface area contributed by atoms with Crippen LogP contribution in [0.5, 0.6) is 0 Å². The Morgan fingerprint density at radius 2 is 1.67 bits per heavy atom. The Bertz CT molecular complexity index is 542. The van der Waals surface area contributed by atoms with Crippen molar-refractivity contribution in [2.45, 2.75) is 32.6 Å². The van der Waals surface area contributed by atoms with Crippen LogP contribution in [0.2, 0.25) is 0 Å². The van der Waals surface area contributed by atoms with Crippen molar-refractivity contribution in [3.63, 3.8) is 0 Å². The van der Waals surface area contributed by atoms with Gasteiger partial charge < -0.3 is 10.1 Å². The third-order valence-corrected chi connectivity index (χ3v) is 3.98. The van der Waals surface area contributed by atoms with Crippen molar-refractivity contribution in [3.8, 4) is 0 Å². The van der Waals surface area contributed by atoms with Gasteiger partial charge in [-0.25, -0.2) is 0 Å². The lowest BCUT2D eigenvalue weighted by Crippen LogP contribution is -2.29. The number of hydrogen-bond donors (Lipinski definition) is 1. The standard InChI is InChI=1S/C18H22BrNO/c1-14(2)20-12-18(16-10-6-7-11-17(16)19)21-13-15-8-4-3-5-9-15/h3-11,14,18,20H,12-13H2,1-2H3. The Labute approximate surface area is 135 Å². The molecule has 0 heterocycles. The average molecular weight is 348 g/mol. The Balaban J connectivity index is 2.07. The van der Waals surface area contributed by atoms with Gasteiger partial charge in [0.25, 0.3) is 0 Å². The van der Waals surface area contributed by atoms with E-state index in [1.54, 1.807) is 0 Å². The highest BCUT2D eigenvalue weighted by atomic mass is 79.9. The number of rotatable bonds is 7. The number of benzene rings is 2. The van der Waals surface area contributed by atoms with E-state index in [0.717, 1.165) is 11.0 Å². The van der Waals surface area contributed by atoms with Gasteiger partial charge in [0.15, 0.2) is 0 Å². The molecule has 0 spiro atoms. The maximum atomic E-state index is 6.15. The van der Waals surface area contributed by atoms with Gasteiger partial charge in [0.2, 0.25) is 0 Å². The number of nitrogens with one attached hydrogen (secondary N) is 1. The van der Waals surface area contributed by atoms with Crippen molar-refractivity contribution >= 4 is 15.9 Å². The molecule has 2 aromatic rings. The molecule has 3 heteroatoms. The Hall–Kier alpha value is -1.16. The zero-order chi connectivity index (χ0) is 15.1. The van der Waals surface area contributed by atoms with Crippen molar-refractivity contribution < 1.29 is 4.74 Å². The van der Waals surface area contributed by atoms with Gasteiger partial charge in [-0.05, 0) is 17.2 Å². The molecular weight excluding hydrogens is 326 g/mol. The van der Waals surface area contributed by atoms with Gasteiger partial charge in [0.05, 0.1) is 12.7 Å². The summed E-state index contributed by atoms with van der Waals surface area (Å²) in [5.41, 5.74) is 2.38. The van der Waals surface area contributed by atoms with E-state index in [9.17, 15) is 0 Å². The van der Waals surface area contributed by atoms with Crippen LogP contribution in [0.3, 0.4) is 0 Å². The molecule has 2 nitrogen and oxygen atoms in total. The maximum absolute atomic E-state index is 6.15. The fourth-order valence-electron chi connectivity index (χ4n) is 2.11. The summed E-state index contributed by atoms with van der Waals surface area (Å²) in [4.78, 5) is 0. The van der Waals surface area contributed by atoms with Crippen LogP contribution >= 0.6 is 15.9 Å². The second-order valence-electron chi connectivity index (χ2n) is 5.37. The molecule has 0 aromatic heterocycles. The fraction of sp³-hybridized carbons (Fsp3) is 0.333. The van der Waals surface area contributed by atoms with Crippen molar-refractivity contribution in [1.29, 1.82) is 0 Å². The molecular formula is C18H22BrNO. The Morgan fingerprint density at radius 1 is 1.00 bits per heavy atom. The lowest BCUT2D eigenvalue weighted by Gasteiger charge is -2.21. The lowest BCUT2D eigenvalue weighted by molar-refractivity contribution is 0.0381. The van der Waals surface area contributed by atoms with E-state index in [1.807, 2.05) is 30.3 Å². The molecule has 1 atom stereocenters. The van der Waals surface area contributed by atoms with Crippen LogP contribution in [0, 0.1) is 0 Å². The summed E-state index contributed by atoms with van der Waals surface area (Å²) in [7, 11) is 0. The van der Waals surface area contributed by atoms with Gasteiger partial charge in [0, 0.05) is 17.1 Å². The average Bonchev–Trinajstić information content (AvgIpc) is 2.49. The first-order valence-corrected chi connectivity index (χ1v) is 8.09. The molecule has 0 saturated carbocycles. The van der Waals surface area contributed by atoms with Gasteiger partial charge in [-0.3, -0.25) is 0 Å². The van der Waals surface area contributed by atoms with Crippen molar-refractivity contribution in [2.24, 2.45) is 0 Å². The van der Waals surface area contributed by atoms with Crippen molar-refractivity contribution in [3.05, 3.63) is 70.2 Å². The minimum absolute atomic E-state index is 0.0307. The molecule has 0 saturated heterocycles. The predicted molar refractivity (Wildman–Crippen MR) is 91.3 cm³/mol. The van der Waals surface area contributed by atoms with Crippen LogP contribution in [0.25, 0.3) is 0 Å². The van der Waals surface area contributed by atoms with Gasteiger partial charge >= 0.3 is 0 Å². The smallest absolute Gasteiger partial charge is 0.0964 e. The number of hydrogen-bond acceptors (Lipinski definition) is 2. The minimum atomic E-state index is 0.0307. The number of ether oxygens (including phenoxy) is 1. The lowest BCUT2D eigenvalue weighted by atomic mass is 10.1. The molecule has 0 aliphatic carbocycles. The normalized spacial score (nSPS) is 12.6. The van der Waals surface area contributed by atoms with Crippen molar-refractivity contribution in [1.82, 2.24) is 5.32 Å². The fourth-order valence-corrected chi connectivity index (χ4v) is 2.65. The zero-order valence-electron chi connectivity index (χ0n) is 12.6. The van der Waals surface area contributed by atoms with E-state index in [4.69, 9.17) is 4.74 Å². The highest BCUT2D eigenvalue weighted by Gasteiger charge is 2.15. The summed E-state index contributed by atoms with van der Waals surface area (Å²) in [6, 6.07) is 19.0. The third kappa shape index (κ3) is 5.27. The molecule has 1 unspecified atom stereocenters. The van der Waals surface area contributed by atoms with Gasteiger partial charge in [-0.1, -0.05) is 78.3 Å². The molecule has 0 amide bonds. The van der Waals surface area contributed by atoms with Crippen LogP contribution in [-0.4, -0.2) is 12.6 Å². The zero-order valence-corrected chi connectivity index (χ0v) is 14.1. The van der Waals surface area contributed by atoms with Crippen LogP contribution in [0.1, 0.15) is 31.1 Å². The first-order valence-electron chi connectivity index (χ1n) is 7.30. The first kappa shape index (κ1) is 16.2. The largest absolute Gasteiger partial charge is 0.367 e. The van der Waals surface area contributed by atoms with E-state index in [-0.39, 0.29) is 6.10 Å². The highest BCUT2D eigenvalue weighted by molar-refractivity contribution is 9.10. The summed E-state index contributed by atoms with van der Waals surface area (Å²) >= 11 is 3.62. The molecule has 21 heavy (non-hydrogen) atoms. The number of halogens is 1. The molecule has 0 fully saturated rings. The molecule has 112 valence electrons. The third-order valence-electron chi connectivity index (χ3n) is 3.26. The summed E-state index contributed by atoms with van der Waals surface area (Å²) in [6.07, 6.45) is 0.0307. The quantitative estimate of drug-likeness (QED) is 0.783. The van der Waals surface area contributed by atoms with Gasteiger partial charge in [-0.15, -0.1) is 0 Å². The van der Waals surface area contributed by atoms with Crippen LogP contribution in [0.4, 0.5) is 0 Å². The minimum Gasteiger partial charge on any atom is -0.367 e. The summed E-state index contributed by atoms with van der Waals surface area (Å²) < 4.78 is 7.24. The Kier molecular flexibility index (Phi) is 6.43. The maximum Gasteiger partial charge on any atom is 0.0964 e. The van der Waals surface area contributed by atoms with E-state index < -0.39 is 0 Å². The van der Waals surface area contributed by atoms with Gasteiger partial charge in [0.1, 0.15) is 0 Å². The van der Waals surface area contributed by atoms with E-state index in [0.29, 0.717) is 12.6 Å². The molecule has 2 aromatic carbocycles. The second-order valence-corrected chi connectivity index (χ2v) is 6.22. The molecule has 2 rings (SSSR count). The molecule has 0 aliphatic heterocycles. The summed E-state index contributed by atoms with van der Waals surface area (Å²) in [6.45, 7) is 5.71. The Morgan fingerprint density at radius 3 is 2.33 bits per heavy atom. The van der Waals surface area contributed by atoms with Crippen LogP contribution in [-0.2, 0) is 11.3 Å². The highest BCUT2D eigenvalue weighted by Crippen LogP contribution is 2.26. The molecule has 0 bridgehead atoms. The van der Waals surface area contributed by atoms with E-state index in [2.05, 4.69) is 59.4 Å². The summed E-state index contributed by atoms with van der Waals surface area (Å²) in [5.74, 6) is 0. The van der Waals surface area contributed by atoms with Crippen LogP contribution in [0.15, 0.2) is 59.1 Å². The van der Waals surface area contributed by atoms with Crippen LogP contribution < -0.4 is 5.32 Å². The monoisotopic (exact) mass is 347 g/mol. The summed E-state index contributed by atoms with van der Waals surface area (Å²) in [5, 5.41) is 3.46. The SMILES string of the molecule is CC(C)NCC(OCc1ccccc1)c1ccccc1Br. The second kappa shape index (κ2) is 8.32. The first-order chi connectivity index (χ1) is 10.2.